The van der Waals surface area contributed by atoms with Crippen LogP contribution in [0.3, 0.4) is 0 Å². The van der Waals surface area contributed by atoms with Gasteiger partial charge in [0.1, 0.15) is 10.9 Å². The molecule has 0 atom stereocenters. The van der Waals surface area contributed by atoms with Crippen molar-refractivity contribution in [3.05, 3.63) is 23.7 Å². The van der Waals surface area contributed by atoms with Gasteiger partial charge in [-0.05, 0) is 31.7 Å². The molecule has 2 rings (SSSR count). The average Bonchev–Trinajstić information content (AvgIpc) is 2.73. The quantitative estimate of drug-likeness (QED) is 0.852. The zero-order chi connectivity index (χ0) is 14.7. The van der Waals surface area contributed by atoms with Crippen molar-refractivity contribution >= 4 is 23.4 Å². The molecule has 7 nitrogen and oxygen atoms in total. The molecule has 0 bridgehead atoms. The second kappa shape index (κ2) is 5.91. The number of hydrogen-bond donors (Lipinski definition) is 1. The summed E-state index contributed by atoms with van der Waals surface area (Å²) in [7, 11) is 1.85. The maximum Gasteiger partial charge on any atom is 0.340 e. The van der Waals surface area contributed by atoms with Gasteiger partial charge in [0, 0.05) is 7.05 Å². The highest BCUT2D eigenvalue weighted by Crippen LogP contribution is 2.28. The molecule has 20 heavy (non-hydrogen) atoms. The summed E-state index contributed by atoms with van der Waals surface area (Å²) in [5.41, 5.74) is 6.42. The number of nitrogens with two attached hydrogens (primary N) is 1. The fraction of sp³-hybridized carbons (Fsp3) is 0.333. The third kappa shape index (κ3) is 2.90. The molecule has 0 saturated heterocycles. The van der Waals surface area contributed by atoms with Crippen LogP contribution in [0.1, 0.15) is 23.1 Å². The predicted octanol–water partition coefficient (Wildman–Crippen LogP) is 1.43. The lowest BCUT2D eigenvalue weighted by Gasteiger charge is -2.08. The highest BCUT2D eigenvalue weighted by molar-refractivity contribution is 7.99. The van der Waals surface area contributed by atoms with Crippen LogP contribution in [0, 0.1) is 6.92 Å². The molecule has 0 aliphatic heterocycles. The van der Waals surface area contributed by atoms with Crippen LogP contribution in [0.5, 0.6) is 0 Å². The molecule has 0 spiro atoms. The van der Waals surface area contributed by atoms with Gasteiger partial charge < -0.3 is 15.0 Å². The Balaban J connectivity index is 2.36. The van der Waals surface area contributed by atoms with Gasteiger partial charge in [0.2, 0.25) is 0 Å². The number of esters is 1. The van der Waals surface area contributed by atoms with Crippen molar-refractivity contribution in [2.24, 2.45) is 7.05 Å². The molecule has 0 fully saturated rings. The Labute approximate surface area is 120 Å². The number of rotatable bonds is 4. The lowest BCUT2D eigenvalue weighted by atomic mass is 10.3. The number of aryl methyl sites for hydroxylation is 1. The van der Waals surface area contributed by atoms with E-state index in [1.807, 2.05) is 18.5 Å². The van der Waals surface area contributed by atoms with E-state index in [2.05, 4.69) is 15.2 Å². The fourth-order valence-corrected chi connectivity index (χ4v) is 2.35. The van der Waals surface area contributed by atoms with Gasteiger partial charge in [-0.2, -0.15) is 0 Å². The number of pyridine rings is 1. The number of anilines is 1. The summed E-state index contributed by atoms with van der Waals surface area (Å²) in [6.45, 7) is 3.89. The number of carbonyl (C=O) groups excluding carboxylic acids is 1. The van der Waals surface area contributed by atoms with Crippen molar-refractivity contribution in [3.63, 3.8) is 0 Å². The van der Waals surface area contributed by atoms with Crippen molar-refractivity contribution in [1.82, 2.24) is 19.7 Å². The largest absolute Gasteiger partial charge is 0.462 e. The van der Waals surface area contributed by atoms with E-state index in [-0.39, 0.29) is 0 Å². The minimum atomic E-state index is -0.450. The molecule has 0 aromatic carbocycles. The highest BCUT2D eigenvalue weighted by Gasteiger charge is 2.18. The van der Waals surface area contributed by atoms with Gasteiger partial charge in [0.15, 0.2) is 5.16 Å². The molecule has 2 N–H and O–H groups in total. The molecule has 2 heterocycles. The molecule has 2 aromatic rings. The average molecular weight is 293 g/mol. The first-order valence-electron chi connectivity index (χ1n) is 5.99. The van der Waals surface area contributed by atoms with Crippen LogP contribution in [0.2, 0.25) is 0 Å². The molecule has 2 aromatic heterocycles. The summed E-state index contributed by atoms with van der Waals surface area (Å²) < 4.78 is 6.82. The SMILES string of the molecule is CCOC(=O)c1cc(N)cnc1Sc1nnc(C)n1C. The van der Waals surface area contributed by atoms with Crippen molar-refractivity contribution in [2.75, 3.05) is 12.3 Å². The molecule has 8 heteroatoms. The van der Waals surface area contributed by atoms with Crippen molar-refractivity contribution < 1.29 is 9.53 Å². The molecule has 0 radical (unpaired) electrons. The van der Waals surface area contributed by atoms with Gasteiger partial charge >= 0.3 is 5.97 Å². The summed E-state index contributed by atoms with van der Waals surface area (Å²) in [5, 5.41) is 9.13. The Bertz CT molecular complexity index is 641. The van der Waals surface area contributed by atoms with Gasteiger partial charge in [0.05, 0.1) is 24.1 Å². The molecule has 0 unspecified atom stereocenters. The summed E-state index contributed by atoms with van der Waals surface area (Å²) >= 11 is 1.25. The number of aromatic nitrogens is 4. The first-order chi connectivity index (χ1) is 9.52. The van der Waals surface area contributed by atoms with Crippen molar-refractivity contribution in [1.29, 1.82) is 0 Å². The minimum absolute atomic E-state index is 0.292. The maximum atomic E-state index is 11.9. The maximum absolute atomic E-state index is 11.9. The zero-order valence-corrected chi connectivity index (χ0v) is 12.3. The summed E-state index contributed by atoms with van der Waals surface area (Å²) in [5.74, 6) is 0.328. The summed E-state index contributed by atoms with van der Waals surface area (Å²) in [6.07, 6.45) is 1.49. The van der Waals surface area contributed by atoms with Gasteiger partial charge in [-0.25, -0.2) is 9.78 Å². The molecule has 0 saturated carbocycles. The van der Waals surface area contributed by atoms with E-state index in [1.165, 1.54) is 18.0 Å². The van der Waals surface area contributed by atoms with Crippen LogP contribution in [0.4, 0.5) is 5.69 Å². The zero-order valence-electron chi connectivity index (χ0n) is 11.5. The number of carbonyl (C=O) groups is 1. The van der Waals surface area contributed by atoms with Crippen molar-refractivity contribution in [2.45, 2.75) is 24.0 Å². The number of ether oxygens (including phenoxy) is 1. The molecular formula is C12H15N5O2S. The summed E-state index contributed by atoms with van der Waals surface area (Å²) in [6, 6.07) is 1.55. The second-order valence-corrected chi connectivity index (χ2v) is 4.99. The van der Waals surface area contributed by atoms with E-state index in [0.717, 1.165) is 5.82 Å². The predicted molar refractivity (Wildman–Crippen MR) is 74.5 cm³/mol. The summed E-state index contributed by atoms with van der Waals surface area (Å²) in [4.78, 5) is 16.1. The Kier molecular flexibility index (Phi) is 4.23. The lowest BCUT2D eigenvalue weighted by Crippen LogP contribution is -2.08. The highest BCUT2D eigenvalue weighted by atomic mass is 32.2. The van der Waals surface area contributed by atoms with E-state index in [1.54, 1.807) is 13.0 Å². The smallest absolute Gasteiger partial charge is 0.340 e. The van der Waals surface area contributed by atoms with Gasteiger partial charge in [-0.3, -0.25) is 0 Å². The Morgan fingerprint density at radius 3 is 2.85 bits per heavy atom. The Morgan fingerprint density at radius 1 is 1.50 bits per heavy atom. The van der Waals surface area contributed by atoms with Crippen LogP contribution >= 0.6 is 11.8 Å². The van der Waals surface area contributed by atoms with E-state index in [9.17, 15) is 4.79 Å². The second-order valence-electron chi connectivity index (χ2n) is 4.03. The van der Waals surface area contributed by atoms with Crippen LogP contribution < -0.4 is 5.73 Å². The van der Waals surface area contributed by atoms with Gasteiger partial charge in [0.25, 0.3) is 0 Å². The molecule has 0 amide bonds. The van der Waals surface area contributed by atoms with Crippen LogP contribution in [0.15, 0.2) is 22.4 Å². The number of nitrogen functional groups attached to an aromatic ring is 1. The topological polar surface area (TPSA) is 95.9 Å². The molecule has 106 valence electrons. The Morgan fingerprint density at radius 2 is 2.25 bits per heavy atom. The molecule has 0 aliphatic carbocycles. The van der Waals surface area contributed by atoms with Crippen LogP contribution in [-0.2, 0) is 11.8 Å². The molecular weight excluding hydrogens is 278 g/mol. The third-order valence-corrected chi connectivity index (χ3v) is 3.66. The Hall–Kier alpha value is -2.09. The first kappa shape index (κ1) is 14.3. The molecule has 0 aliphatic rings. The van der Waals surface area contributed by atoms with Gasteiger partial charge in [-0.1, -0.05) is 0 Å². The fourth-order valence-electron chi connectivity index (χ4n) is 1.47. The first-order valence-corrected chi connectivity index (χ1v) is 6.81. The number of hydrogen-bond acceptors (Lipinski definition) is 7. The van der Waals surface area contributed by atoms with E-state index in [4.69, 9.17) is 10.5 Å². The third-order valence-electron chi connectivity index (χ3n) is 2.61. The lowest BCUT2D eigenvalue weighted by molar-refractivity contribution is 0.0521. The van der Waals surface area contributed by atoms with Crippen LogP contribution in [-0.4, -0.2) is 32.3 Å². The van der Waals surface area contributed by atoms with Crippen LogP contribution in [0.25, 0.3) is 0 Å². The standard InChI is InChI=1S/C12H15N5O2S/c1-4-19-11(18)9-5-8(13)6-14-10(9)20-12-16-15-7(2)17(12)3/h5-6H,4,13H2,1-3H3. The number of nitrogens with zero attached hydrogens (tertiary/aromatic N) is 4. The van der Waals surface area contributed by atoms with Gasteiger partial charge in [-0.15, -0.1) is 10.2 Å². The van der Waals surface area contributed by atoms with Crippen molar-refractivity contribution in [3.8, 4) is 0 Å². The monoisotopic (exact) mass is 293 g/mol. The minimum Gasteiger partial charge on any atom is -0.462 e. The van der Waals surface area contributed by atoms with E-state index in [0.29, 0.717) is 28.0 Å². The normalized spacial score (nSPS) is 10.6. The van der Waals surface area contributed by atoms with E-state index < -0.39 is 5.97 Å². The van der Waals surface area contributed by atoms with E-state index >= 15 is 0 Å².